The standard InChI is InChI=1S/C21H23N3O4S/c1-4-27-15-7-5-6-14-17-16(21(2,28-18(14)15)24-20(29)23-17)19(25)22-12-8-10-13(26-3)11-9-12/h5-11,16-17H,4H2,1-3H3,(H,22,25)(H2,23,24,29)/t16-,17+,21+/m1/s1. The van der Waals surface area contributed by atoms with Gasteiger partial charge in [-0.25, -0.2) is 0 Å². The Kier molecular flexibility index (Phi) is 4.96. The quantitative estimate of drug-likeness (QED) is 0.650. The van der Waals surface area contributed by atoms with E-state index in [1.165, 1.54) is 0 Å². The number of rotatable bonds is 5. The predicted octanol–water partition coefficient (Wildman–Crippen LogP) is 2.98. The van der Waals surface area contributed by atoms with E-state index in [1.54, 1.807) is 31.4 Å². The Morgan fingerprint density at radius 1 is 1.28 bits per heavy atom. The van der Waals surface area contributed by atoms with E-state index >= 15 is 0 Å². The number of amides is 1. The molecule has 0 aliphatic carbocycles. The number of thiocarbonyl (C=S) groups is 1. The van der Waals surface area contributed by atoms with E-state index in [-0.39, 0.29) is 11.9 Å². The van der Waals surface area contributed by atoms with Crippen LogP contribution >= 0.6 is 12.2 Å². The highest BCUT2D eigenvalue weighted by Crippen LogP contribution is 2.48. The highest BCUT2D eigenvalue weighted by atomic mass is 32.1. The smallest absolute Gasteiger partial charge is 0.236 e. The summed E-state index contributed by atoms with van der Waals surface area (Å²) in [6.07, 6.45) is 0. The summed E-state index contributed by atoms with van der Waals surface area (Å²) >= 11 is 5.36. The number of benzene rings is 2. The number of hydrogen-bond acceptors (Lipinski definition) is 5. The number of fused-ring (bicyclic) bond motifs is 4. The minimum absolute atomic E-state index is 0.183. The van der Waals surface area contributed by atoms with Crippen molar-refractivity contribution in [1.82, 2.24) is 10.6 Å². The molecule has 0 unspecified atom stereocenters. The maximum atomic E-state index is 13.3. The fourth-order valence-corrected chi connectivity index (χ4v) is 4.22. The minimum Gasteiger partial charge on any atom is -0.497 e. The number of para-hydroxylation sites is 1. The molecule has 0 aromatic heterocycles. The minimum atomic E-state index is -1.02. The monoisotopic (exact) mass is 413 g/mol. The van der Waals surface area contributed by atoms with Crippen LogP contribution in [-0.2, 0) is 4.79 Å². The van der Waals surface area contributed by atoms with Crippen molar-refractivity contribution in [3.63, 3.8) is 0 Å². The predicted molar refractivity (Wildman–Crippen MR) is 113 cm³/mol. The van der Waals surface area contributed by atoms with Crippen molar-refractivity contribution in [2.45, 2.75) is 25.6 Å². The number of anilines is 1. The lowest BCUT2D eigenvalue weighted by Crippen LogP contribution is -2.70. The summed E-state index contributed by atoms with van der Waals surface area (Å²) < 4.78 is 17.2. The van der Waals surface area contributed by atoms with E-state index in [2.05, 4.69) is 16.0 Å². The number of carbonyl (C=O) groups is 1. The van der Waals surface area contributed by atoms with Crippen LogP contribution in [0.2, 0.25) is 0 Å². The van der Waals surface area contributed by atoms with Crippen LogP contribution in [0.3, 0.4) is 0 Å². The van der Waals surface area contributed by atoms with Crippen molar-refractivity contribution >= 4 is 28.9 Å². The Labute approximate surface area is 174 Å². The van der Waals surface area contributed by atoms with Gasteiger partial charge in [0.15, 0.2) is 22.3 Å². The summed E-state index contributed by atoms with van der Waals surface area (Å²) in [5, 5.41) is 9.78. The third-order valence-electron chi connectivity index (χ3n) is 5.17. The van der Waals surface area contributed by atoms with Crippen LogP contribution in [0.15, 0.2) is 42.5 Å². The zero-order valence-electron chi connectivity index (χ0n) is 16.4. The molecular weight excluding hydrogens is 390 g/mol. The van der Waals surface area contributed by atoms with Gasteiger partial charge in [0.1, 0.15) is 11.7 Å². The molecule has 2 aromatic carbocycles. The van der Waals surface area contributed by atoms with Crippen LogP contribution in [0.25, 0.3) is 0 Å². The van der Waals surface area contributed by atoms with Crippen molar-refractivity contribution in [3.05, 3.63) is 48.0 Å². The highest BCUT2D eigenvalue weighted by Gasteiger charge is 2.55. The SMILES string of the molecule is CCOc1cccc2c1O[C@]1(C)NC(=S)N[C@@H]2[C@@H]1C(=O)Nc1ccc(OC)cc1. The Hall–Kier alpha value is -3.00. The van der Waals surface area contributed by atoms with E-state index in [9.17, 15) is 4.79 Å². The molecule has 2 heterocycles. The van der Waals surface area contributed by atoms with Gasteiger partial charge < -0.3 is 30.2 Å². The van der Waals surface area contributed by atoms with Crippen molar-refractivity contribution in [1.29, 1.82) is 0 Å². The lowest BCUT2D eigenvalue weighted by atomic mass is 9.79. The van der Waals surface area contributed by atoms with Crippen LogP contribution in [0.1, 0.15) is 25.5 Å². The van der Waals surface area contributed by atoms with Gasteiger partial charge in [-0.2, -0.15) is 0 Å². The topological polar surface area (TPSA) is 80.9 Å². The van der Waals surface area contributed by atoms with Gasteiger partial charge in [0.2, 0.25) is 5.91 Å². The molecule has 29 heavy (non-hydrogen) atoms. The van der Waals surface area contributed by atoms with Crippen LogP contribution in [0.5, 0.6) is 17.2 Å². The molecule has 0 radical (unpaired) electrons. The molecule has 3 N–H and O–H groups in total. The summed E-state index contributed by atoms with van der Waals surface area (Å²) in [5.74, 6) is 1.24. The summed E-state index contributed by atoms with van der Waals surface area (Å²) in [5.41, 5.74) is 0.491. The van der Waals surface area contributed by atoms with Crippen molar-refractivity contribution in [3.8, 4) is 17.2 Å². The fourth-order valence-electron chi connectivity index (χ4n) is 3.89. The molecule has 3 atom stereocenters. The third-order valence-corrected chi connectivity index (χ3v) is 5.39. The Morgan fingerprint density at radius 3 is 2.72 bits per heavy atom. The van der Waals surface area contributed by atoms with Crippen LogP contribution in [0, 0.1) is 5.92 Å². The molecule has 7 nitrogen and oxygen atoms in total. The first-order valence-corrected chi connectivity index (χ1v) is 9.84. The molecule has 1 amide bonds. The Bertz CT molecular complexity index is 949. The summed E-state index contributed by atoms with van der Waals surface area (Å²) in [6.45, 7) is 4.26. The molecule has 8 heteroatoms. The van der Waals surface area contributed by atoms with E-state index in [4.69, 9.17) is 26.4 Å². The van der Waals surface area contributed by atoms with E-state index < -0.39 is 11.6 Å². The van der Waals surface area contributed by atoms with Crippen LogP contribution in [0.4, 0.5) is 5.69 Å². The van der Waals surface area contributed by atoms with Crippen LogP contribution in [-0.4, -0.2) is 30.5 Å². The van der Waals surface area contributed by atoms with Crippen molar-refractivity contribution in [2.75, 3.05) is 19.0 Å². The van der Waals surface area contributed by atoms with Gasteiger partial charge in [-0.05, 0) is 56.4 Å². The average molecular weight is 413 g/mol. The number of methoxy groups -OCH3 is 1. The molecule has 2 bridgehead atoms. The van der Waals surface area contributed by atoms with Gasteiger partial charge in [0.25, 0.3) is 0 Å². The Balaban J connectivity index is 1.69. The maximum absolute atomic E-state index is 13.3. The average Bonchev–Trinajstić information content (AvgIpc) is 2.68. The zero-order chi connectivity index (χ0) is 20.6. The van der Waals surface area contributed by atoms with Gasteiger partial charge in [-0.3, -0.25) is 4.79 Å². The summed E-state index contributed by atoms with van der Waals surface area (Å²) in [7, 11) is 1.60. The van der Waals surface area contributed by atoms with Gasteiger partial charge in [-0.15, -0.1) is 0 Å². The number of ether oxygens (including phenoxy) is 3. The van der Waals surface area contributed by atoms with E-state index in [0.717, 1.165) is 11.3 Å². The highest BCUT2D eigenvalue weighted by molar-refractivity contribution is 7.80. The van der Waals surface area contributed by atoms with Gasteiger partial charge in [0.05, 0.1) is 19.8 Å². The van der Waals surface area contributed by atoms with E-state index in [0.29, 0.717) is 28.9 Å². The molecular formula is C21H23N3O4S. The largest absolute Gasteiger partial charge is 0.497 e. The molecule has 4 rings (SSSR count). The first-order valence-electron chi connectivity index (χ1n) is 9.43. The lowest BCUT2D eigenvalue weighted by molar-refractivity contribution is -0.132. The molecule has 2 aliphatic heterocycles. The molecule has 152 valence electrons. The van der Waals surface area contributed by atoms with Gasteiger partial charge in [-0.1, -0.05) is 12.1 Å². The summed E-state index contributed by atoms with van der Waals surface area (Å²) in [6, 6.07) is 12.5. The van der Waals surface area contributed by atoms with Crippen LogP contribution < -0.4 is 30.2 Å². The van der Waals surface area contributed by atoms with E-state index in [1.807, 2.05) is 32.0 Å². The lowest BCUT2D eigenvalue weighted by Gasteiger charge is -2.50. The molecule has 0 spiro atoms. The third kappa shape index (κ3) is 3.44. The number of hydrogen-bond donors (Lipinski definition) is 3. The Morgan fingerprint density at radius 2 is 2.03 bits per heavy atom. The second-order valence-electron chi connectivity index (χ2n) is 7.09. The second kappa shape index (κ2) is 7.44. The fraction of sp³-hybridized carbons (Fsp3) is 0.333. The molecule has 0 saturated carbocycles. The van der Waals surface area contributed by atoms with Crippen molar-refractivity contribution < 1.29 is 19.0 Å². The summed E-state index contributed by atoms with van der Waals surface area (Å²) in [4.78, 5) is 13.3. The first-order chi connectivity index (χ1) is 13.9. The molecule has 2 aromatic rings. The maximum Gasteiger partial charge on any atom is 0.236 e. The number of carbonyl (C=O) groups excluding carboxylic acids is 1. The zero-order valence-corrected chi connectivity index (χ0v) is 17.3. The molecule has 1 fully saturated rings. The van der Waals surface area contributed by atoms with Gasteiger partial charge >= 0.3 is 0 Å². The first kappa shape index (κ1) is 19.3. The van der Waals surface area contributed by atoms with Gasteiger partial charge in [0, 0.05) is 11.3 Å². The molecule has 1 saturated heterocycles. The van der Waals surface area contributed by atoms with Crippen molar-refractivity contribution in [2.24, 2.45) is 5.92 Å². The normalized spacial score (nSPS) is 24.3. The second-order valence-corrected chi connectivity index (χ2v) is 7.50. The number of nitrogens with one attached hydrogen (secondary N) is 3. The molecule has 2 aliphatic rings.